The summed E-state index contributed by atoms with van der Waals surface area (Å²) >= 11 is 0. The Labute approximate surface area is 120 Å². The van der Waals surface area contributed by atoms with Crippen molar-refractivity contribution < 1.29 is 0 Å². The lowest BCUT2D eigenvalue weighted by Gasteiger charge is -2.17. The van der Waals surface area contributed by atoms with E-state index >= 15 is 0 Å². The molecule has 2 rings (SSSR count). The van der Waals surface area contributed by atoms with Gasteiger partial charge in [-0.2, -0.15) is 9.97 Å². The third-order valence-electron chi connectivity index (χ3n) is 3.16. The van der Waals surface area contributed by atoms with E-state index in [9.17, 15) is 0 Å². The zero-order valence-corrected chi connectivity index (χ0v) is 12.8. The quantitative estimate of drug-likeness (QED) is 0.906. The SMILES string of the molecule is CC(C)c1ccc(-c2nc(N)nc(C(C)(C)C)n2)cc1. The third kappa shape index (κ3) is 3.13. The Hall–Kier alpha value is -1.97. The van der Waals surface area contributed by atoms with Crippen molar-refractivity contribution in [3.05, 3.63) is 35.7 Å². The standard InChI is InChI=1S/C16H22N4/c1-10(2)11-6-8-12(9-7-11)13-18-14(16(3,4)5)20-15(17)19-13/h6-10H,1-5H3,(H2,17,18,19,20). The molecule has 2 aromatic rings. The normalized spacial score (nSPS) is 11.9. The van der Waals surface area contributed by atoms with Gasteiger partial charge in [0.1, 0.15) is 5.82 Å². The number of hydrogen-bond donors (Lipinski definition) is 1. The lowest BCUT2D eigenvalue weighted by atomic mass is 9.95. The van der Waals surface area contributed by atoms with Gasteiger partial charge in [0.15, 0.2) is 5.82 Å². The van der Waals surface area contributed by atoms with Gasteiger partial charge < -0.3 is 5.73 Å². The molecular weight excluding hydrogens is 248 g/mol. The summed E-state index contributed by atoms with van der Waals surface area (Å²) in [6.07, 6.45) is 0. The molecule has 4 nitrogen and oxygen atoms in total. The van der Waals surface area contributed by atoms with Crippen LogP contribution in [0.1, 0.15) is 51.9 Å². The Balaban J connectivity index is 2.44. The highest BCUT2D eigenvalue weighted by atomic mass is 15.1. The minimum Gasteiger partial charge on any atom is -0.368 e. The number of aromatic nitrogens is 3. The molecule has 106 valence electrons. The van der Waals surface area contributed by atoms with Crippen LogP contribution < -0.4 is 5.73 Å². The Morgan fingerprint density at radius 2 is 1.55 bits per heavy atom. The first-order chi connectivity index (χ1) is 9.27. The first kappa shape index (κ1) is 14.4. The summed E-state index contributed by atoms with van der Waals surface area (Å²) in [4.78, 5) is 13.0. The summed E-state index contributed by atoms with van der Waals surface area (Å²) in [6.45, 7) is 10.5. The van der Waals surface area contributed by atoms with E-state index in [2.05, 4.69) is 61.7 Å². The number of benzene rings is 1. The predicted octanol–water partition coefficient (Wildman–Crippen LogP) is 3.54. The fourth-order valence-electron chi connectivity index (χ4n) is 1.87. The van der Waals surface area contributed by atoms with E-state index in [-0.39, 0.29) is 11.4 Å². The van der Waals surface area contributed by atoms with Crippen LogP contribution in [0.25, 0.3) is 11.4 Å². The molecule has 0 aliphatic carbocycles. The molecule has 0 spiro atoms. The summed E-state index contributed by atoms with van der Waals surface area (Å²) in [7, 11) is 0. The second-order valence-corrected chi connectivity index (χ2v) is 6.37. The lowest BCUT2D eigenvalue weighted by Crippen LogP contribution is -2.18. The average molecular weight is 270 g/mol. The van der Waals surface area contributed by atoms with Crippen LogP contribution in [0.5, 0.6) is 0 Å². The number of nitrogens with two attached hydrogens (primary N) is 1. The molecular formula is C16H22N4. The zero-order valence-electron chi connectivity index (χ0n) is 12.8. The van der Waals surface area contributed by atoms with Crippen LogP contribution in [0.15, 0.2) is 24.3 Å². The van der Waals surface area contributed by atoms with E-state index in [1.807, 2.05) is 12.1 Å². The fourth-order valence-corrected chi connectivity index (χ4v) is 1.87. The number of anilines is 1. The van der Waals surface area contributed by atoms with Crippen molar-refractivity contribution in [2.45, 2.75) is 46.0 Å². The van der Waals surface area contributed by atoms with Crippen molar-refractivity contribution in [1.29, 1.82) is 0 Å². The molecule has 0 unspecified atom stereocenters. The van der Waals surface area contributed by atoms with Crippen molar-refractivity contribution in [2.24, 2.45) is 0 Å². The largest absolute Gasteiger partial charge is 0.368 e. The number of rotatable bonds is 2. The number of nitrogens with zero attached hydrogens (tertiary/aromatic N) is 3. The molecule has 0 radical (unpaired) electrons. The highest BCUT2D eigenvalue weighted by Crippen LogP contribution is 2.24. The average Bonchev–Trinajstić information content (AvgIpc) is 2.37. The van der Waals surface area contributed by atoms with E-state index in [1.54, 1.807) is 0 Å². The number of nitrogen functional groups attached to an aromatic ring is 1. The molecule has 0 aliphatic heterocycles. The van der Waals surface area contributed by atoms with Gasteiger partial charge in [0.05, 0.1) is 0 Å². The Kier molecular flexibility index (Phi) is 3.75. The van der Waals surface area contributed by atoms with Crippen LogP contribution in [-0.2, 0) is 5.41 Å². The van der Waals surface area contributed by atoms with Crippen LogP contribution in [0, 0.1) is 0 Å². The van der Waals surface area contributed by atoms with Gasteiger partial charge in [-0.3, -0.25) is 0 Å². The molecule has 0 saturated carbocycles. The van der Waals surface area contributed by atoms with Crippen LogP contribution in [0.4, 0.5) is 5.95 Å². The molecule has 0 atom stereocenters. The molecule has 0 saturated heterocycles. The maximum Gasteiger partial charge on any atom is 0.223 e. The second-order valence-electron chi connectivity index (χ2n) is 6.37. The van der Waals surface area contributed by atoms with E-state index < -0.39 is 0 Å². The highest BCUT2D eigenvalue weighted by Gasteiger charge is 2.19. The Morgan fingerprint density at radius 3 is 2.05 bits per heavy atom. The van der Waals surface area contributed by atoms with Gasteiger partial charge in [0, 0.05) is 11.0 Å². The summed E-state index contributed by atoms with van der Waals surface area (Å²) in [6, 6.07) is 8.29. The minimum absolute atomic E-state index is 0.149. The Bertz CT molecular complexity index is 595. The van der Waals surface area contributed by atoms with Crippen molar-refractivity contribution in [2.75, 3.05) is 5.73 Å². The highest BCUT2D eigenvalue weighted by molar-refractivity contribution is 5.56. The van der Waals surface area contributed by atoms with Gasteiger partial charge in [0.25, 0.3) is 0 Å². The van der Waals surface area contributed by atoms with Gasteiger partial charge in [-0.15, -0.1) is 0 Å². The maximum atomic E-state index is 5.81. The molecule has 0 amide bonds. The van der Waals surface area contributed by atoms with E-state index in [4.69, 9.17) is 5.73 Å². The van der Waals surface area contributed by atoms with Crippen molar-refractivity contribution in [3.8, 4) is 11.4 Å². The fraction of sp³-hybridized carbons (Fsp3) is 0.438. The molecule has 0 aliphatic rings. The second kappa shape index (κ2) is 5.19. The maximum absolute atomic E-state index is 5.81. The van der Waals surface area contributed by atoms with E-state index in [0.717, 1.165) is 5.56 Å². The predicted molar refractivity (Wildman–Crippen MR) is 82.5 cm³/mol. The molecule has 1 heterocycles. The summed E-state index contributed by atoms with van der Waals surface area (Å²) < 4.78 is 0. The lowest BCUT2D eigenvalue weighted by molar-refractivity contribution is 0.544. The third-order valence-corrected chi connectivity index (χ3v) is 3.16. The summed E-state index contributed by atoms with van der Waals surface area (Å²) in [5, 5.41) is 0. The molecule has 20 heavy (non-hydrogen) atoms. The van der Waals surface area contributed by atoms with Crippen molar-refractivity contribution >= 4 is 5.95 Å². The molecule has 0 fully saturated rings. The summed E-state index contributed by atoms with van der Waals surface area (Å²) in [5.74, 6) is 2.14. The molecule has 4 heteroatoms. The van der Waals surface area contributed by atoms with Crippen LogP contribution >= 0.6 is 0 Å². The zero-order chi connectivity index (χ0) is 14.9. The molecule has 1 aromatic carbocycles. The topological polar surface area (TPSA) is 64.7 Å². The summed E-state index contributed by atoms with van der Waals surface area (Å²) in [5.41, 5.74) is 7.92. The monoisotopic (exact) mass is 270 g/mol. The number of hydrogen-bond acceptors (Lipinski definition) is 4. The van der Waals surface area contributed by atoms with Gasteiger partial charge in [-0.05, 0) is 11.5 Å². The van der Waals surface area contributed by atoms with Gasteiger partial charge in [-0.25, -0.2) is 4.98 Å². The minimum atomic E-state index is -0.149. The van der Waals surface area contributed by atoms with E-state index in [0.29, 0.717) is 17.6 Å². The van der Waals surface area contributed by atoms with Crippen molar-refractivity contribution in [1.82, 2.24) is 15.0 Å². The molecule has 0 bridgehead atoms. The van der Waals surface area contributed by atoms with Crippen LogP contribution in [0.2, 0.25) is 0 Å². The first-order valence-electron chi connectivity index (χ1n) is 6.90. The van der Waals surface area contributed by atoms with Gasteiger partial charge >= 0.3 is 0 Å². The first-order valence-corrected chi connectivity index (χ1v) is 6.90. The van der Waals surface area contributed by atoms with Crippen LogP contribution in [0.3, 0.4) is 0 Å². The van der Waals surface area contributed by atoms with Crippen LogP contribution in [-0.4, -0.2) is 15.0 Å². The molecule has 2 N–H and O–H groups in total. The Morgan fingerprint density at radius 1 is 0.950 bits per heavy atom. The molecule has 1 aromatic heterocycles. The van der Waals surface area contributed by atoms with Gasteiger partial charge in [-0.1, -0.05) is 58.9 Å². The van der Waals surface area contributed by atoms with Gasteiger partial charge in [0.2, 0.25) is 5.95 Å². The van der Waals surface area contributed by atoms with E-state index in [1.165, 1.54) is 5.56 Å². The smallest absolute Gasteiger partial charge is 0.223 e. The van der Waals surface area contributed by atoms with Crippen molar-refractivity contribution in [3.63, 3.8) is 0 Å².